The van der Waals surface area contributed by atoms with Gasteiger partial charge in [0.2, 0.25) is 6.79 Å². The van der Waals surface area contributed by atoms with Crippen molar-refractivity contribution in [3.05, 3.63) is 72.7 Å². The first-order valence-electron chi connectivity index (χ1n) is 8.33. The summed E-state index contributed by atoms with van der Waals surface area (Å²) >= 11 is 7.33. The topological polar surface area (TPSA) is 56.1 Å². The minimum atomic E-state index is -0.0425. The Morgan fingerprint density at radius 3 is 2.78 bits per heavy atom. The molecule has 0 atom stereocenters. The molecule has 0 bridgehead atoms. The Morgan fingerprint density at radius 2 is 1.93 bits per heavy atom. The predicted molar refractivity (Wildman–Crippen MR) is 104 cm³/mol. The van der Waals surface area contributed by atoms with Crippen LogP contribution >= 0.6 is 22.9 Å². The van der Waals surface area contributed by atoms with Crippen LogP contribution in [0.2, 0.25) is 5.02 Å². The van der Waals surface area contributed by atoms with E-state index in [4.69, 9.17) is 21.1 Å². The second-order valence-electron chi connectivity index (χ2n) is 6.20. The minimum absolute atomic E-state index is 0.0425. The van der Waals surface area contributed by atoms with Crippen LogP contribution in [0, 0.1) is 0 Å². The van der Waals surface area contributed by atoms with Gasteiger partial charge in [-0.1, -0.05) is 35.1 Å². The Kier molecular flexibility index (Phi) is 3.91. The summed E-state index contributed by atoms with van der Waals surface area (Å²) in [6, 6.07) is 13.1. The summed E-state index contributed by atoms with van der Waals surface area (Å²) in [7, 11) is 0. The van der Waals surface area contributed by atoms with Crippen LogP contribution in [0.15, 0.2) is 52.3 Å². The highest BCUT2D eigenvalue weighted by Gasteiger charge is 2.19. The fourth-order valence-corrected chi connectivity index (χ4v) is 4.16. The molecule has 0 amide bonds. The smallest absolute Gasteiger partial charge is 0.271 e. The van der Waals surface area contributed by atoms with Crippen LogP contribution in [-0.4, -0.2) is 18.0 Å². The molecule has 0 fully saturated rings. The molecule has 0 saturated heterocycles. The molecule has 6 nitrogen and oxygen atoms in total. The predicted octanol–water partition coefficient (Wildman–Crippen LogP) is 2.18. The normalized spacial score (nSPS) is 15.6. The van der Waals surface area contributed by atoms with Gasteiger partial charge in [0.25, 0.3) is 5.56 Å². The lowest BCUT2D eigenvalue weighted by Gasteiger charge is -2.25. The summed E-state index contributed by atoms with van der Waals surface area (Å²) in [6.07, 6.45) is 1.87. The van der Waals surface area contributed by atoms with E-state index in [2.05, 4.69) is 4.99 Å². The molecule has 0 unspecified atom stereocenters. The maximum absolute atomic E-state index is 12.8. The van der Waals surface area contributed by atoms with E-state index in [1.54, 1.807) is 4.57 Å². The molecule has 5 rings (SSSR count). The van der Waals surface area contributed by atoms with Gasteiger partial charge in [-0.2, -0.15) is 0 Å². The maximum Gasteiger partial charge on any atom is 0.271 e. The van der Waals surface area contributed by atoms with Gasteiger partial charge in [0.05, 0.1) is 4.53 Å². The summed E-state index contributed by atoms with van der Waals surface area (Å²) in [6.45, 7) is 1.17. The Labute approximate surface area is 163 Å². The van der Waals surface area contributed by atoms with E-state index in [0.29, 0.717) is 28.6 Å². The highest BCUT2D eigenvalue weighted by Crippen LogP contribution is 2.35. The van der Waals surface area contributed by atoms with Gasteiger partial charge in [-0.3, -0.25) is 9.36 Å². The molecule has 2 aliphatic heterocycles. The van der Waals surface area contributed by atoms with E-state index in [1.807, 2.05) is 53.4 Å². The average Bonchev–Trinajstić information content (AvgIpc) is 3.27. The van der Waals surface area contributed by atoms with E-state index in [0.717, 1.165) is 21.8 Å². The zero-order chi connectivity index (χ0) is 18.4. The number of nitrogens with zero attached hydrogens (tertiary/aromatic N) is 3. The van der Waals surface area contributed by atoms with Gasteiger partial charge in [-0.15, -0.1) is 0 Å². The third-order valence-corrected chi connectivity index (χ3v) is 5.76. The van der Waals surface area contributed by atoms with Crippen LogP contribution in [0.4, 0.5) is 5.69 Å². The average molecular weight is 400 g/mol. The second kappa shape index (κ2) is 6.44. The Balaban J connectivity index is 1.49. The molecule has 1 aromatic heterocycles. The number of hydrogen-bond donors (Lipinski definition) is 0. The molecule has 2 aliphatic rings. The first-order chi connectivity index (χ1) is 13.2. The minimum Gasteiger partial charge on any atom is -0.454 e. The third-order valence-electron chi connectivity index (χ3n) is 4.47. The molecular formula is C19H14ClN3O3S. The van der Waals surface area contributed by atoms with Crippen molar-refractivity contribution in [3.63, 3.8) is 0 Å². The Hall–Kier alpha value is -2.77. The van der Waals surface area contributed by atoms with Crippen LogP contribution in [-0.2, 0) is 6.67 Å². The van der Waals surface area contributed by atoms with Crippen LogP contribution < -0.4 is 29.3 Å². The van der Waals surface area contributed by atoms with E-state index >= 15 is 0 Å². The van der Waals surface area contributed by atoms with Crippen molar-refractivity contribution in [2.45, 2.75) is 6.67 Å². The van der Waals surface area contributed by atoms with Gasteiger partial charge in [-0.05, 0) is 35.9 Å². The van der Waals surface area contributed by atoms with Crippen molar-refractivity contribution in [1.82, 2.24) is 4.57 Å². The molecule has 2 aromatic carbocycles. The molecule has 0 radical (unpaired) electrons. The fourth-order valence-electron chi connectivity index (χ4n) is 3.07. The molecule has 3 heterocycles. The Morgan fingerprint density at radius 1 is 1.11 bits per heavy atom. The van der Waals surface area contributed by atoms with Crippen molar-refractivity contribution >= 4 is 34.7 Å². The third kappa shape index (κ3) is 2.98. The SMILES string of the molecule is O=c1/c(=C\c2ccc(Cl)cc2)sc2n1CN(c1ccc3c(c1)OCO3)CN=2. The maximum atomic E-state index is 12.8. The molecule has 0 N–H and O–H groups in total. The van der Waals surface area contributed by atoms with Crippen LogP contribution in [0.25, 0.3) is 6.08 Å². The van der Waals surface area contributed by atoms with Crippen LogP contribution in [0.3, 0.4) is 0 Å². The lowest BCUT2D eigenvalue weighted by Crippen LogP contribution is -2.42. The zero-order valence-corrected chi connectivity index (χ0v) is 15.7. The van der Waals surface area contributed by atoms with Crippen molar-refractivity contribution in [2.24, 2.45) is 4.99 Å². The number of thiazole rings is 1. The molecular weight excluding hydrogens is 386 g/mol. The highest BCUT2D eigenvalue weighted by atomic mass is 35.5. The number of rotatable bonds is 2. The highest BCUT2D eigenvalue weighted by molar-refractivity contribution is 7.07. The molecule has 0 aliphatic carbocycles. The van der Waals surface area contributed by atoms with Gasteiger partial charge in [-0.25, -0.2) is 4.99 Å². The van der Waals surface area contributed by atoms with Gasteiger partial charge in [0.15, 0.2) is 16.3 Å². The van der Waals surface area contributed by atoms with E-state index in [-0.39, 0.29) is 12.4 Å². The largest absolute Gasteiger partial charge is 0.454 e. The second-order valence-corrected chi connectivity index (χ2v) is 7.64. The number of halogens is 1. The fraction of sp³-hybridized carbons (Fsp3) is 0.158. The number of benzene rings is 2. The number of aromatic nitrogens is 1. The summed E-state index contributed by atoms with van der Waals surface area (Å²) in [4.78, 5) is 20.2. The monoisotopic (exact) mass is 399 g/mol. The van der Waals surface area contributed by atoms with Gasteiger partial charge in [0.1, 0.15) is 13.3 Å². The number of ether oxygens (including phenoxy) is 2. The number of fused-ring (bicyclic) bond motifs is 2. The zero-order valence-electron chi connectivity index (χ0n) is 14.1. The van der Waals surface area contributed by atoms with Crippen LogP contribution in [0.5, 0.6) is 11.5 Å². The first kappa shape index (κ1) is 16.4. The van der Waals surface area contributed by atoms with E-state index in [1.165, 1.54) is 11.3 Å². The lowest BCUT2D eigenvalue weighted by molar-refractivity contribution is 0.174. The van der Waals surface area contributed by atoms with Crippen molar-refractivity contribution in [1.29, 1.82) is 0 Å². The van der Waals surface area contributed by atoms with Crippen molar-refractivity contribution < 1.29 is 9.47 Å². The van der Waals surface area contributed by atoms with E-state index < -0.39 is 0 Å². The molecule has 0 saturated carbocycles. The van der Waals surface area contributed by atoms with Crippen LogP contribution in [0.1, 0.15) is 5.56 Å². The number of hydrogen-bond acceptors (Lipinski definition) is 6. The van der Waals surface area contributed by atoms with E-state index in [9.17, 15) is 4.79 Å². The molecule has 8 heteroatoms. The summed E-state index contributed by atoms with van der Waals surface area (Å²) in [5.74, 6) is 1.45. The van der Waals surface area contributed by atoms with Crippen molar-refractivity contribution in [3.8, 4) is 11.5 Å². The number of anilines is 1. The quantitative estimate of drug-likeness (QED) is 0.662. The molecule has 136 valence electrons. The van der Waals surface area contributed by atoms with Crippen molar-refractivity contribution in [2.75, 3.05) is 18.4 Å². The lowest BCUT2D eigenvalue weighted by atomic mass is 10.2. The summed E-state index contributed by atoms with van der Waals surface area (Å²) in [5, 5.41) is 0.670. The van der Waals surface area contributed by atoms with Gasteiger partial charge < -0.3 is 14.4 Å². The van der Waals surface area contributed by atoms with Gasteiger partial charge >= 0.3 is 0 Å². The first-order valence-corrected chi connectivity index (χ1v) is 9.53. The molecule has 0 spiro atoms. The summed E-state index contributed by atoms with van der Waals surface area (Å²) < 4.78 is 13.1. The molecule has 3 aromatic rings. The van der Waals surface area contributed by atoms with Gasteiger partial charge in [0, 0.05) is 16.8 Å². The standard InChI is InChI=1S/C19H14ClN3O3S/c20-13-3-1-12(2-4-13)7-17-18(24)23-10-22(9-21-19(23)27-17)14-5-6-15-16(8-14)26-11-25-15/h1-8H,9-11H2/b17-7+. The molecule has 27 heavy (non-hydrogen) atoms. The Bertz CT molecular complexity index is 1200. The summed E-state index contributed by atoms with van der Waals surface area (Å²) in [5.41, 5.74) is 1.83.